The molecule has 1 atom stereocenters. The van der Waals surface area contributed by atoms with Gasteiger partial charge in [0.05, 0.1) is 25.2 Å². The predicted molar refractivity (Wildman–Crippen MR) is 392 cm³/mol. The summed E-state index contributed by atoms with van der Waals surface area (Å²) in [4.78, 5) is 43.4. The van der Waals surface area contributed by atoms with Gasteiger partial charge in [-0.3, -0.25) is 0 Å². The molecule has 0 saturated heterocycles. The molecule has 12 aliphatic carbocycles. The van der Waals surface area contributed by atoms with Crippen LogP contribution in [-0.4, -0.2) is 54.5 Å². The van der Waals surface area contributed by atoms with Gasteiger partial charge in [0.2, 0.25) is 0 Å². The van der Waals surface area contributed by atoms with Crippen molar-refractivity contribution < 1.29 is 57.0 Å². The lowest BCUT2D eigenvalue weighted by Crippen LogP contribution is -2.58. The number of aryl methyl sites for hydroxylation is 2. The van der Waals surface area contributed by atoms with E-state index >= 15 is 0 Å². The van der Waals surface area contributed by atoms with Gasteiger partial charge in [0.1, 0.15) is 68.5 Å². The number of carbonyl (C=O) groups excluding carboxylic acids is 3. The van der Waals surface area contributed by atoms with Gasteiger partial charge in [-0.15, -0.1) is 0 Å². The molecule has 17 heteroatoms. The summed E-state index contributed by atoms with van der Waals surface area (Å²) in [6.45, 7) is 10.0. The molecule has 18 rings (SSSR count). The number of esters is 3. The first-order chi connectivity index (χ1) is 45.2. The van der Waals surface area contributed by atoms with Crippen molar-refractivity contribution in [2.75, 3.05) is 19.8 Å². The first kappa shape index (κ1) is 65.7. The van der Waals surface area contributed by atoms with E-state index in [0.717, 1.165) is 75.6 Å². The highest BCUT2D eigenvalue weighted by Crippen LogP contribution is 2.62. The second-order valence-electron chi connectivity index (χ2n) is 29.6. The molecule has 12 fully saturated rings. The molecule has 12 saturated carbocycles. The monoisotopic (exact) mass is 1740 g/mol. The van der Waals surface area contributed by atoms with Crippen molar-refractivity contribution in [1.29, 1.82) is 0 Å². The second-order valence-corrected chi connectivity index (χ2v) is 36.3. The molecule has 494 valence electrons. The molecule has 0 heterocycles. The summed E-state index contributed by atoms with van der Waals surface area (Å²) in [6, 6.07) is 36.4. The number of hydrogen-bond donors (Lipinski definition) is 0. The van der Waals surface area contributed by atoms with Crippen LogP contribution in [0.3, 0.4) is 0 Å². The van der Waals surface area contributed by atoms with E-state index < -0.39 is 27.7 Å². The Labute approximate surface area is 609 Å². The summed E-state index contributed by atoms with van der Waals surface area (Å²) in [5.74, 6) is 12.5. The van der Waals surface area contributed by atoms with E-state index in [-0.39, 0.29) is 37.7 Å². The van der Waals surface area contributed by atoms with Gasteiger partial charge in [0.25, 0.3) is 0 Å². The maximum absolute atomic E-state index is 13.4. The third-order valence-corrected chi connectivity index (χ3v) is 29.2. The smallest absolute Gasteiger partial charge is 0.344 e. The van der Waals surface area contributed by atoms with Crippen LogP contribution in [0.25, 0.3) is 0 Å². The number of hydrogen-bond acceptors (Lipinski definition) is 12. The number of ether oxygens (including phenoxy) is 9. The maximum Gasteiger partial charge on any atom is 0.344 e. The number of rotatable bonds is 21. The van der Waals surface area contributed by atoms with E-state index in [1.165, 1.54) is 96.3 Å². The third-order valence-electron chi connectivity index (χ3n) is 23.6. The summed E-state index contributed by atoms with van der Waals surface area (Å²) in [7, 11) is -0.586. The Morgan fingerprint density at radius 2 is 0.596 bits per heavy atom. The van der Waals surface area contributed by atoms with Crippen LogP contribution in [-0.2, 0) is 39.5 Å². The SMILES string of the molecule is Cc1cc(Oc2ccc([S+](c3ccc(Oc4cc(I)c(OCC(=O)OC5(C)C6CC7CC(C6)CC5C7)cc4C)cc3)c3ccc(Oc4cc(I)c(OCC(=O)OC5(C)C6CC7CC(C6)CC5C7)cc4I)cc3)cc2)c(I)cc1OCC(=O)OC1(C)C2CC3CC(C2)CC1C3. The Balaban J connectivity index is 0.619. The molecule has 94 heavy (non-hydrogen) atoms. The highest BCUT2D eigenvalue weighted by molar-refractivity contribution is 14.1. The van der Waals surface area contributed by atoms with Crippen LogP contribution in [0.2, 0.25) is 0 Å². The first-order valence-corrected chi connectivity index (χ1v) is 39.4. The molecule has 0 N–H and O–H groups in total. The van der Waals surface area contributed by atoms with E-state index in [1.807, 2.05) is 86.6 Å². The zero-order valence-electron chi connectivity index (χ0n) is 53.9. The molecule has 12 aliphatic rings. The fraction of sp³-hybridized carbons (Fsp3) is 0.494. The minimum atomic E-state index is -0.586. The standard InChI is InChI=1S/C77H81I4O12S/c1-42-19-70(64(80)35-66(42)85-39-72(82)91-75(3)50-23-44-20-45(25-50)26-51(75)24-44)89-57-8-14-60(15-9-57)94(59-12-6-56(7-13-59)88-67-36-62(78)68(18-43(67)2)86-40-73(83)92-76(4)52-27-46-21-47(29-52)30-53(76)28-46)61-16-10-58(11-17-61)90-71-38-63(79)69(37-65(71)81)87-41-74(84)93-77(5)54-31-48-22-49(33-54)34-55(77)32-48/h6-19,35-38,44-55H,20-34,39-41H2,1-5H3/q+1. The van der Waals surface area contributed by atoms with Gasteiger partial charge in [0.15, 0.2) is 34.5 Å². The Morgan fingerprint density at radius 1 is 0.351 bits per heavy atom. The van der Waals surface area contributed by atoms with Crippen LogP contribution in [0.15, 0.2) is 124 Å². The van der Waals surface area contributed by atoms with E-state index in [9.17, 15) is 14.4 Å². The lowest BCUT2D eigenvalue weighted by molar-refractivity contribution is -0.205. The largest absolute Gasteiger partial charge is 0.482 e. The molecule has 6 aromatic rings. The van der Waals surface area contributed by atoms with Crippen LogP contribution < -0.4 is 28.4 Å². The number of benzene rings is 6. The predicted octanol–water partition coefficient (Wildman–Crippen LogP) is 19.6. The van der Waals surface area contributed by atoms with Crippen molar-refractivity contribution in [1.82, 2.24) is 0 Å². The van der Waals surface area contributed by atoms with Crippen LogP contribution in [0.4, 0.5) is 0 Å². The van der Waals surface area contributed by atoms with Gasteiger partial charge in [-0.25, -0.2) is 14.4 Å². The molecule has 0 aromatic heterocycles. The number of halogens is 4. The topological polar surface area (TPSA) is 134 Å². The average Bonchev–Trinajstić information content (AvgIpc) is 0.753. The van der Waals surface area contributed by atoms with Crippen LogP contribution >= 0.6 is 90.4 Å². The zero-order chi connectivity index (χ0) is 64.9. The lowest BCUT2D eigenvalue weighted by atomic mass is 9.50. The molecule has 6 aromatic carbocycles. The summed E-state index contributed by atoms with van der Waals surface area (Å²) < 4.78 is 60.5. The highest BCUT2D eigenvalue weighted by atomic mass is 127. The number of carbonyl (C=O) groups is 3. The van der Waals surface area contributed by atoms with E-state index in [4.69, 9.17) is 42.6 Å². The molecule has 12 bridgehead atoms. The summed E-state index contributed by atoms with van der Waals surface area (Å²) in [5.41, 5.74) is 0.531. The van der Waals surface area contributed by atoms with Gasteiger partial charge in [-0.1, -0.05) is 0 Å². The Hall–Kier alpha value is -4.20. The normalized spacial score (nSPS) is 31.4. The molecule has 0 spiro atoms. The van der Waals surface area contributed by atoms with Crippen molar-refractivity contribution in [3.8, 4) is 51.7 Å². The van der Waals surface area contributed by atoms with Crippen molar-refractivity contribution in [3.63, 3.8) is 0 Å². The van der Waals surface area contributed by atoms with Crippen LogP contribution in [0.5, 0.6) is 51.7 Å². The van der Waals surface area contributed by atoms with Gasteiger partial charge < -0.3 is 42.6 Å². The van der Waals surface area contributed by atoms with Crippen LogP contribution in [0, 0.1) is 99.1 Å². The van der Waals surface area contributed by atoms with E-state index in [1.54, 1.807) is 0 Å². The first-order valence-electron chi connectivity index (χ1n) is 33.9. The van der Waals surface area contributed by atoms with Gasteiger partial charge in [-0.2, -0.15) is 0 Å². The molecule has 1 unspecified atom stereocenters. The molecular weight excluding hydrogens is 1660 g/mol. The molecule has 12 nitrogen and oxygen atoms in total. The van der Waals surface area contributed by atoms with Crippen molar-refractivity contribution in [2.45, 2.75) is 162 Å². The fourth-order valence-electron chi connectivity index (χ4n) is 19.2. The maximum atomic E-state index is 13.4. The quantitative estimate of drug-likeness (QED) is 0.0294. The molecule has 0 radical (unpaired) electrons. The van der Waals surface area contributed by atoms with Gasteiger partial charge in [0, 0.05) is 0 Å². The lowest BCUT2D eigenvalue weighted by Gasteiger charge is -2.59. The Morgan fingerprint density at radius 3 is 0.947 bits per heavy atom. The van der Waals surface area contributed by atoms with Gasteiger partial charge in [-0.05, 0) is 413 Å². The van der Waals surface area contributed by atoms with Crippen LogP contribution in [0.1, 0.15) is 128 Å². The summed E-state index contributed by atoms with van der Waals surface area (Å²) in [5, 5.41) is 0. The third kappa shape index (κ3) is 13.2. The minimum Gasteiger partial charge on any atom is -0.482 e. The summed E-state index contributed by atoms with van der Waals surface area (Å²) >= 11 is 9.04. The van der Waals surface area contributed by atoms with Gasteiger partial charge >= 0.3 is 17.9 Å². The Bertz CT molecular complexity index is 3410. The highest BCUT2D eigenvalue weighted by Gasteiger charge is 2.60. The summed E-state index contributed by atoms with van der Waals surface area (Å²) in [6.07, 6.45) is 18.1. The molecule has 0 aliphatic heterocycles. The molecule has 0 amide bonds. The zero-order valence-corrected chi connectivity index (χ0v) is 63.3. The van der Waals surface area contributed by atoms with Crippen molar-refractivity contribution in [2.24, 2.45) is 71.0 Å². The van der Waals surface area contributed by atoms with Crippen molar-refractivity contribution >= 4 is 119 Å². The Kier molecular flexibility index (Phi) is 18.5. The fourth-order valence-corrected chi connectivity index (χ4v) is 23.6. The second kappa shape index (κ2) is 26.5. The van der Waals surface area contributed by atoms with Crippen molar-refractivity contribution in [3.05, 3.63) is 135 Å². The molecular formula is C77H81I4O12S+. The minimum absolute atomic E-state index is 0.136. The average molecular weight is 1740 g/mol. The van der Waals surface area contributed by atoms with E-state index in [0.29, 0.717) is 87.3 Å². The van der Waals surface area contributed by atoms with E-state index in [2.05, 4.69) is 148 Å².